The summed E-state index contributed by atoms with van der Waals surface area (Å²) in [6.45, 7) is 6.79. The third-order valence-electron chi connectivity index (χ3n) is 4.42. The van der Waals surface area contributed by atoms with Crippen LogP contribution in [0.3, 0.4) is 0 Å². The van der Waals surface area contributed by atoms with Crippen LogP contribution >= 0.6 is 0 Å². The number of anilines is 2. The lowest BCUT2D eigenvalue weighted by Crippen LogP contribution is -2.46. The average molecular weight is 339 g/mol. The van der Waals surface area contributed by atoms with Crippen LogP contribution in [0.25, 0.3) is 0 Å². The van der Waals surface area contributed by atoms with Crippen LogP contribution in [0.5, 0.6) is 0 Å². The lowest BCUT2D eigenvalue weighted by atomic mass is 10.1. The number of amides is 2. The molecule has 130 valence electrons. The maximum atomic E-state index is 12.3. The number of nitrogens with zero attached hydrogens (tertiary/aromatic N) is 4. The van der Waals surface area contributed by atoms with Crippen molar-refractivity contribution in [2.75, 3.05) is 36.4 Å². The Hall–Kier alpha value is -2.96. The zero-order valence-electron chi connectivity index (χ0n) is 14.4. The van der Waals surface area contributed by atoms with Gasteiger partial charge in [0.25, 0.3) is 5.91 Å². The van der Waals surface area contributed by atoms with Crippen molar-refractivity contribution < 1.29 is 9.59 Å². The first-order valence-corrected chi connectivity index (χ1v) is 8.22. The molecule has 0 aliphatic carbocycles. The Morgan fingerprint density at radius 1 is 1.08 bits per heavy atom. The summed E-state index contributed by atoms with van der Waals surface area (Å²) in [7, 11) is 0. The van der Waals surface area contributed by atoms with E-state index in [1.807, 2.05) is 32.0 Å². The second-order valence-electron chi connectivity index (χ2n) is 6.14. The molecular formula is C18H21N5O2. The van der Waals surface area contributed by atoms with Crippen LogP contribution in [0.1, 0.15) is 21.6 Å². The monoisotopic (exact) mass is 339 g/mol. The van der Waals surface area contributed by atoms with Gasteiger partial charge in [-0.2, -0.15) is 0 Å². The smallest absolute Gasteiger partial charge is 0.275 e. The van der Waals surface area contributed by atoms with Gasteiger partial charge >= 0.3 is 0 Å². The average Bonchev–Trinajstić information content (AvgIpc) is 2.65. The molecule has 7 nitrogen and oxygen atoms in total. The fourth-order valence-corrected chi connectivity index (χ4v) is 2.67. The van der Waals surface area contributed by atoms with Crippen LogP contribution in [0.15, 0.2) is 30.6 Å². The largest absolute Gasteiger partial charge is 0.352 e. The first-order chi connectivity index (χ1) is 12.1. The summed E-state index contributed by atoms with van der Waals surface area (Å²) in [5, 5.41) is 2.84. The molecule has 3 rings (SSSR count). The summed E-state index contributed by atoms with van der Waals surface area (Å²) >= 11 is 0. The molecule has 1 aromatic carbocycles. The summed E-state index contributed by atoms with van der Waals surface area (Å²) in [5.74, 6) is 0.432. The zero-order valence-corrected chi connectivity index (χ0v) is 14.4. The molecule has 25 heavy (non-hydrogen) atoms. The molecule has 2 amide bonds. The fourth-order valence-electron chi connectivity index (χ4n) is 2.67. The number of aryl methyl sites for hydroxylation is 2. The van der Waals surface area contributed by atoms with Gasteiger partial charge in [-0.3, -0.25) is 9.59 Å². The van der Waals surface area contributed by atoms with E-state index in [1.54, 1.807) is 11.1 Å². The highest BCUT2D eigenvalue weighted by molar-refractivity contribution is 6.02. The predicted molar refractivity (Wildman–Crippen MR) is 95.8 cm³/mol. The zero-order chi connectivity index (χ0) is 17.8. The normalized spacial score (nSPS) is 14.3. The molecule has 1 N–H and O–H groups in total. The van der Waals surface area contributed by atoms with Gasteiger partial charge in [-0.1, -0.05) is 6.07 Å². The topological polar surface area (TPSA) is 78.4 Å². The van der Waals surface area contributed by atoms with E-state index < -0.39 is 0 Å². The molecule has 0 bridgehead atoms. The molecule has 0 unspecified atom stereocenters. The minimum atomic E-state index is -0.284. The van der Waals surface area contributed by atoms with E-state index in [0.717, 1.165) is 17.7 Å². The summed E-state index contributed by atoms with van der Waals surface area (Å²) in [4.78, 5) is 35.4. The van der Waals surface area contributed by atoms with Crippen LogP contribution in [-0.2, 0) is 4.79 Å². The molecule has 0 saturated carbocycles. The summed E-state index contributed by atoms with van der Waals surface area (Å²) in [6, 6.07) is 5.77. The Labute approximate surface area is 146 Å². The van der Waals surface area contributed by atoms with E-state index in [2.05, 4.69) is 20.2 Å². The van der Waals surface area contributed by atoms with Crippen molar-refractivity contribution in [1.82, 2.24) is 14.9 Å². The first-order valence-electron chi connectivity index (χ1n) is 8.22. The number of carbonyl (C=O) groups excluding carboxylic acids is 2. The maximum absolute atomic E-state index is 12.3. The van der Waals surface area contributed by atoms with Crippen molar-refractivity contribution in [2.24, 2.45) is 0 Å². The van der Waals surface area contributed by atoms with E-state index >= 15 is 0 Å². The van der Waals surface area contributed by atoms with Gasteiger partial charge in [0.05, 0.1) is 12.4 Å². The van der Waals surface area contributed by atoms with Crippen LogP contribution in [0, 0.1) is 13.8 Å². The lowest BCUT2D eigenvalue weighted by Gasteiger charge is -2.33. The van der Waals surface area contributed by atoms with E-state index in [-0.39, 0.29) is 11.6 Å². The van der Waals surface area contributed by atoms with Gasteiger partial charge in [0, 0.05) is 31.9 Å². The number of hydrogen-bond donors (Lipinski definition) is 1. The molecule has 2 heterocycles. The van der Waals surface area contributed by atoms with Gasteiger partial charge in [-0.05, 0) is 37.1 Å². The second-order valence-corrected chi connectivity index (χ2v) is 6.14. The van der Waals surface area contributed by atoms with E-state index in [9.17, 15) is 9.59 Å². The number of hydrogen-bond acceptors (Lipinski definition) is 5. The van der Waals surface area contributed by atoms with Crippen molar-refractivity contribution in [1.29, 1.82) is 0 Å². The molecule has 1 saturated heterocycles. The highest BCUT2D eigenvalue weighted by Gasteiger charge is 2.17. The van der Waals surface area contributed by atoms with E-state index in [4.69, 9.17) is 0 Å². The Morgan fingerprint density at radius 3 is 2.44 bits per heavy atom. The maximum Gasteiger partial charge on any atom is 0.275 e. The van der Waals surface area contributed by atoms with Crippen LogP contribution in [0.2, 0.25) is 0 Å². The third-order valence-corrected chi connectivity index (χ3v) is 4.42. The number of nitrogens with one attached hydrogen (secondary N) is 1. The summed E-state index contributed by atoms with van der Waals surface area (Å²) < 4.78 is 0. The number of benzene rings is 1. The molecule has 1 aliphatic rings. The van der Waals surface area contributed by atoms with Crippen molar-refractivity contribution in [2.45, 2.75) is 13.8 Å². The summed E-state index contributed by atoms with van der Waals surface area (Å²) in [5.41, 5.74) is 3.31. The van der Waals surface area contributed by atoms with Gasteiger partial charge in [-0.15, -0.1) is 0 Å². The van der Waals surface area contributed by atoms with Crippen molar-refractivity contribution in [3.8, 4) is 0 Å². The molecule has 0 atom stereocenters. The van der Waals surface area contributed by atoms with Crippen LogP contribution in [-0.4, -0.2) is 53.4 Å². The van der Waals surface area contributed by atoms with Gasteiger partial charge in [0.15, 0.2) is 0 Å². The Bertz CT molecular complexity index is 768. The van der Waals surface area contributed by atoms with Crippen LogP contribution < -0.4 is 10.2 Å². The number of carbonyl (C=O) groups is 2. The van der Waals surface area contributed by atoms with Gasteiger partial charge < -0.3 is 15.1 Å². The van der Waals surface area contributed by atoms with Gasteiger partial charge in [-0.25, -0.2) is 9.97 Å². The molecule has 1 aromatic heterocycles. The Morgan fingerprint density at radius 2 is 1.84 bits per heavy atom. The number of aromatic nitrogens is 2. The fraction of sp³-hybridized carbons (Fsp3) is 0.333. The molecule has 2 aromatic rings. The molecule has 7 heteroatoms. The highest BCUT2D eigenvalue weighted by Crippen LogP contribution is 2.16. The Balaban J connectivity index is 1.64. The minimum absolute atomic E-state index is 0.272. The van der Waals surface area contributed by atoms with Crippen molar-refractivity contribution in [3.05, 3.63) is 47.4 Å². The molecular weight excluding hydrogens is 318 g/mol. The lowest BCUT2D eigenvalue weighted by molar-refractivity contribution is -0.118. The quantitative estimate of drug-likeness (QED) is 0.857. The molecule has 0 spiro atoms. The predicted octanol–water partition coefficient (Wildman–Crippen LogP) is 1.62. The number of piperazine rings is 1. The van der Waals surface area contributed by atoms with E-state index in [0.29, 0.717) is 32.0 Å². The van der Waals surface area contributed by atoms with Crippen molar-refractivity contribution >= 4 is 23.8 Å². The molecule has 1 fully saturated rings. The molecule has 0 radical (unpaired) electrons. The minimum Gasteiger partial charge on any atom is -0.352 e. The SMILES string of the molecule is Cc1ccc(NC(=O)c2cnc(N3CCN(C=O)CC3)cn2)cc1C. The second kappa shape index (κ2) is 7.29. The van der Waals surface area contributed by atoms with Crippen molar-refractivity contribution in [3.63, 3.8) is 0 Å². The van der Waals surface area contributed by atoms with E-state index in [1.165, 1.54) is 11.8 Å². The standard InChI is InChI=1S/C18H21N5O2/c1-13-3-4-15(9-14(13)2)21-18(25)16-10-20-17(11-19-16)23-7-5-22(12-24)6-8-23/h3-4,9-12H,5-8H2,1-2H3,(H,21,25). The van der Waals surface area contributed by atoms with Crippen LogP contribution in [0.4, 0.5) is 11.5 Å². The Kier molecular flexibility index (Phi) is 4.92. The highest BCUT2D eigenvalue weighted by atomic mass is 16.2. The summed E-state index contributed by atoms with van der Waals surface area (Å²) in [6.07, 6.45) is 3.95. The number of rotatable bonds is 4. The first kappa shape index (κ1) is 16.9. The van der Waals surface area contributed by atoms with Gasteiger partial charge in [0.1, 0.15) is 11.5 Å². The van der Waals surface area contributed by atoms with Gasteiger partial charge in [0.2, 0.25) is 6.41 Å². The third kappa shape index (κ3) is 3.93. The molecule has 1 aliphatic heterocycles.